The Morgan fingerprint density at radius 2 is 1.78 bits per heavy atom. The minimum atomic E-state index is -4.25. The fraction of sp³-hybridized carbons (Fsp3) is 0.536. The number of alkyl halides is 3. The summed E-state index contributed by atoms with van der Waals surface area (Å²) in [6, 6.07) is 1.82. The number of piperidine rings is 1. The van der Waals surface area contributed by atoms with Crippen LogP contribution in [0.5, 0.6) is 5.75 Å². The van der Waals surface area contributed by atoms with Crippen LogP contribution in [0.3, 0.4) is 0 Å². The van der Waals surface area contributed by atoms with Crippen molar-refractivity contribution >= 4 is 17.5 Å². The third-order valence-corrected chi connectivity index (χ3v) is 9.15. The average Bonchev–Trinajstić information content (AvgIpc) is 2.87. The lowest BCUT2D eigenvalue weighted by atomic mass is 9.58. The number of phenolic OH excluding ortho intramolecular Hbond substituents is 1. The molecule has 1 saturated heterocycles. The molecule has 0 unspecified atom stereocenters. The van der Waals surface area contributed by atoms with E-state index >= 15 is 0 Å². The van der Waals surface area contributed by atoms with Gasteiger partial charge in [-0.05, 0) is 76.0 Å². The number of likely N-dealkylation sites (tertiary alicyclic amines) is 1. The molecule has 4 atom stereocenters. The summed E-state index contributed by atoms with van der Waals surface area (Å²) in [6.45, 7) is 0.660. The number of halogens is 3. The van der Waals surface area contributed by atoms with E-state index in [2.05, 4.69) is 0 Å². The van der Waals surface area contributed by atoms with Gasteiger partial charge in [0.15, 0.2) is 11.4 Å². The first-order valence-electron chi connectivity index (χ1n) is 13.4. The summed E-state index contributed by atoms with van der Waals surface area (Å²) in [4.78, 5) is 42.6. The lowest BCUT2D eigenvalue weighted by Gasteiger charge is -2.50. The van der Waals surface area contributed by atoms with E-state index in [0.29, 0.717) is 11.1 Å². The summed E-state index contributed by atoms with van der Waals surface area (Å²) in [5, 5.41) is 44.5. The fourth-order valence-electron chi connectivity index (χ4n) is 7.12. The highest BCUT2D eigenvalue weighted by atomic mass is 19.4. The summed E-state index contributed by atoms with van der Waals surface area (Å²) in [5.41, 5.74) is 2.47. The van der Waals surface area contributed by atoms with Crippen molar-refractivity contribution in [2.24, 2.45) is 23.5 Å². The molecule has 0 radical (unpaired) electrons. The molecule has 13 heteroatoms. The molecule has 4 aliphatic rings. The van der Waals surface area contributed by atoms with E-state index in [9.17, 15) is 48.0 Å². The van der Waals surface area contributed by atoms with Gasteiger partial charge < -0.3 is 26.2 Å². The first-order chi connectivity index (χ1) is 19.1. The van der Waals surface area contributed by atoms with Crippen LogP contribution in [0.15, 0.2) is 34.8 Å². The van der Waals surface area contributed by atoms with Gasteiger partial charge in [-0.1, -0.05) is 6.07 Å². The molecule has 6 N–H and O–H groups in total. The number of aromatic hydroxyl groups is 1. The molecule has 1 fully saturated rings. The van der Waals surface area contributed by atoms with Crippen molar-refractivity contribution in [3.63, 3.8) is 0 Å². The largest absolute Gasteiger partial charge is 0.510 e. The summed E-state index contributed by atoms with van der Waals surface area (Å²) in [6.07, 6.45) is -4.26. The zero-order valence-corrected chi connectivity index (χ0v) is 22.5. The van der Waals surface area contributed by atoms with E-state index in [1.54, 1.807) is 20.2 Å². The Hall–Kier alpha value is -3.42. The van der Waals surface area contributed by atoms with Crippen molar-refractivity contribution in [3.8, 4) is 5.75 Å². The molecule has 41 heavy (non-hydrogen) atoms. The van der Waals surface area contributed by atoms with Crippen molar-refractivity contribution in [2.75, 3.05) is 27.2 Å². The summed E-state index contributed by atoms with van der Waals surface area (Å²) in [5.74, 6) is -8.63. The Kier molecular flexibility index (Phi) is 6.98. The fourth-order valence-corrected chi connectivity index (χ4v) is 7.12. The molecule has 222 valence electrons. The summed E-state index contributed by atoms with van der Waals surface area (Å²) >= 11 is 0. The number of ketones is 2. The van der Waals surface area contributed by atoms with Crippen molar-refractivity contribution < 1.29 is 48.0 Å². The van der Waals surface area contributed by atoms with Crippen LogP contribution in [0.1, 0.15) is 40.7 Å². The maximum atomic E-state index is 13.8. The minimum Gasteiger partial charge on any atom is -0.510 e. The van der Waals surface area contributed by atoms with Crippen molar-refractivity contribution in [3.05, 3.63) is 51.5 Å². The number of benzene rings is 1. The SMILES string of the molecule is CN(C)[C@@H]1C(O)=C(C(N)=O)C(=O)[C@@]2(O)C(O)=C3C(=O)c4c(O)ccc(CN5CCC(C(F)(F)F)CC5)c4C[C@H]3C[C@@H]12. The van der Waals surface area contributed by atoms with Gasteiger partial charge in [0.25, 0.3) is 5.91 Å². The highest BCUT2D eigenvalue weighted by Crippen LogP contribution is 2.52. The van der Waals surface area contributed by atoms with E-state index in [4.69, 9.17) is 5.73 Å². The van der Waals surface area contributed by atoms with Crippen LogP contribution in [-0.2, 0) is 22.6 Å². The first kappa shape index (κ1) is 29.1. The number of primary amides is 1. The van der Waals surface area contributed by atoms with Gasteiger partial charge in [0, 0.05) is 18.0 Å². The number of carbonyl (C=O) groups excluding carboxylic acids is 3. The van der Waals surface area contributed by atoms with Gasteiger partial charge >= 0.3 is 6.18 Å². The van der Waals surface area contributed by atoms with Crippen LogP contribution < -0.4 is 5.73 Å². The second kappa shape index (κ2) is 9.85. The second-order valence-electron chi connectivity index (χ2n) is 11.7. The van der Waals surface area contributed by atoms with Gasteiger partial charge in [0.2, 0.25) is 5.78 Å². The Bertz CT molecular complexity index is 1390. The zero-order chi connectivity index (χ0) is 30.2. The molecule has 1 heterocycles. The summed E-state index contributed by atoms with van der Waals surface area (Å²) < 4.78 is 39.4. The van der Waals surface area contributed by atoms with Crippen molar-refractivity contribution in [2.45, 2.75) is 50.0 Å². The highest BCUT2D eigenvalue weighted by Gasteiger charge is 2.63. The molecular weight excluding hydrogens is 547 g/mol. The topological polar surface area (TPSA) is 165 Å². The number of nitrogens with two attached hydrogens (primary N) is 1. The van der Waals surface area contributed by atoms with Crippen LogP contribution in [-0.4, -0.2) is 92.7 Å². The minimum absolute atomic E-state index is 0.0438. The van der Waals surface area contributed by atoms with E-state index < -0.39 is 70.1 Å². The highest BCUT2D eigenvalue weighted by molar-refractivity contribution is 6.24. The van der Waals surface area contributed by atoms with Gasteiger partial charge in [0.1, 0.15) is 22.8 Å². The molecule has 3 aliphatic carbocycles. The lowest BCUT2D eigenvalue weighted by Crippen LogP contribution is -2.63. The standard InChI is InChI=1S/C28H32F3N3O7/c1-33(2)21-16-10-13-9-15-12(11-34-7-5-14(6-8-34)28(29,30)31)3-4-17(35)19(15)22(36)18(13)24(38)27(16,41)25(39)20(23(21)37)26(32)40/h3-4,13-14,16,21,35,37-38,41H,5-11H2,1-2H3,(H2,32,40)/t13-,16-,21-,27-/m0/s1. The van der Waals surface area contributed by atoms with E-state index in [-0.39, 0.29) is 62.2 Å². The smallest absolute Gasteiger partial charge is 0.391 e. The first-order valence-corrected chi connectivity index (χ1v) is 13.4. The van der Waals surface area contributed by atoms with Crippen LogP contribution in [0.2, 0.25) is 0 Å². The third-order valence-electron chi connectivity index (χ3n) is 9.15. The molecule has 5 rings (SSSR count). The third kappa shape index (κ3) is 4.41. The molecule has 0 bridgehead atoms. The molecule has 1 amide bonds. The zero-order valence-electron chi connectivity index (χ0n) is 22.5. The number of aliphatic hydroxyl groups excluding tert-OH is 2. The van der Waals surface area contributed by atoms with Gasteiger partial charge in [-0.3, -0.25) is 24.2 Å². The molecule has 0 aromatic heterocycles. The number of hydrogen-bond acceptors (Lipinski definition) is 9. The normalized spacial score (nSPS) is 29.5. The average molecular weight is 580 g/mol. The number of rotatable bonds is 4. The molecule has 0 spiro atoms. The van der Waals surface area contributed by atoms with Crippen LogP contribution in [0, 0.1) is 17.8 Å². The van der Waals surface area contributed by atoms with Gasteiger partial charge in [-0.2, -0.15) is 13.2 Å². The number of phenols is 1. The van der Waals surface area contributed by atoms with Gasteiger partial charge in [-0.25, -0.2) is 0 Å². The number of aliphatic hydroxyl groups is 3. The Labute approximate surface area is 233 Å². The molecule has 1 aliphatic heterocycles. The predicted molar refractivity (Wildman–Crippen MR) is 138 cm³/mol. The number of fused-ring (bicyclic) bond motifs is 3. The molecule has 10 nitrogen and oxygen atoms in total. The number of hydrogen-bond donors (Lipinski definition) is 5. The maximum absolute atomic E-state index is 13.8. The number of carbonyl (C=O) groups is 3. The monoisotopic (exact) mass is 579 g/mol. The Balaban J connectivity index is 1.54. The number of allylic oxidation sites excluding steroid dienone is 1. The number of Topliss-reactive ketones (excluding diaryl/α,β-unsaturated/α-hetero) is 2. The Morgan fingerprint density at radius 1 is 1.15 bits per heavy atom. The molecular formula is C28H32F3N3O7. The molecule has 1 aromatic carbocycles. The number of amides is 1. The second-order valence-corrected chi connectivity index (χ2v) is 11.7. The van der Waals surface area contributed by atoms with E-state index in [0.717, 1.165) is 0 Å². The number of nitrogens with zero attached hydrogens (tertiary/aromatic N) is 2. The summed E-state index contributed by atoms with van der Waals surface area (Å²) in [7, 11) is 3.09. The van der Waals surface area contributed by atoms with E-state index in [1.165, 1.54) is 11.0 Å². The quantitative estimate of drug-likeness (QED) is 0.335. The Morgan fingerprint density at radius 3 is 2.34 bits per heavy atom. The van der Waals surface area contributed by atoms with Crippen molar-refractivity contribution in [1.29, 1.82) is 0 Å². The molecule has 0 saturated carbocycles. The van der Waals surface area contributed by atoms with Crippen LogP contribution in [0.4, 0.5) is 13.2 Å². The van der Waals surface area contributed by atoms with E-state index in [1.807, 2.05) is 4.90 Å². The van der Waals surface area contributed by atoms with Gasteiger partial charge in [-0.15, -0.1) is 0 Å². The number of likely N-dealkylation sites (N-methyl/N-ethyl adjacent to an activating group) is 1. The molecule has 1 aromatic rings. The van der Waals surface area contributed by atoms with Gasteiger partial charge in [0.05, 0.1) is 17.5 Å². The predicted octanol–water partition coefficient (Wildman–Crippen LogP) is 1.89. The van der Waals surface area contributed by atoms with Crippen LogP contribution >= 0.6 is 0 Å². The van der Waals surface area contributed by atoms with Crippen molar-refractivity contribution in [1.82, 2.24) is 9.80 Å². The lowest BCUT2D eigenvalue weighted by molar-refractivity contribution is -0.185. The maximum Gasteiger partial charge on any atom is 0.391 e. The van der Waals surface area contributed by atoms with Crippen LogP contribution in [0.25, 0.3) is 0 Å².